The third kappa shape index (κ3) is 4.96. The van der Waals surface area contributed by atoms with Crippen molar-refractivity contribution in [2.24, 2.45) is 0 Å². The van der Waals surface area contributed by atoms with Crippen LogP contribution in [0.25, 0.3) is 11.1 Å². The smallest absolute Gasteiger partial charge is 0.319 e. The van der Waals surface area contributed by atoms with Gasteiger partial charge in [-0.2, -0.15) is 0 Å². The van der Waals surface area contributed by atoms with Crippen LogP contribution < -0.4 is 10.6 Å². The maximum Gasteiger partial charge on any atom is 0.319 e. The number of aryl methyl sites for hydroxylation is 1. The summed E-state index contributed by atoms with van der Waals surface area (Å²) in [6.07, 6.45) is 1.81. The first-order chi connectivity index (χ1) is 14.5. The monoisotopic (exact) mass is 440 g/mol. The van der Waals surface area contributed by atoms with Gasteiger partial charge in [0.05, 0.1) is 6.10 Å². The summed E-state index contributed by atoms with van der Waals surface area (Å²) in [5, 5.41) is 17.0. The van der Waals surface area contributed by atoms with Crippen molar-refractivity contribution < 1.29 is 9.90 Å². The largest absolute Gasteiger partial charge is 0.393 e. The van der Waals surface area contributed by atoms with Gasteiger partial charge >= 0.3 is 6.03 Å². The minimum Gasteiger partial charge on any atom is -0.393 e. The summed E-state index contributed by atoms with van der Waals surface area (Å²) in [6, 6.07) is 18.9. The van der Waals surface area contributed by atoms with Crippen molar-refractivity contribution in [1.29, 1.82) is 0 Å². The van der Waals surface area contributed by atoms with Gasteiger partial charge in [-0.3, -0.25) is 0 Å². The molecular weight excluding hydrogens is 419 g/mol. The molecule has 0 spiro atoms. The van der Waals surface area contributed by atoms with Crippen LogP contribution >= 0.6 is 23.2 Å². The number of aliphatic hydroxyl groups is 1. The number of nitrogens with one attached hydrogen (secondary N) is 2. The molecule has 0 saturated carbocycles. The van der Waals surface area contributed by atoms with Gasteiger partial charge in [0.1, 0.15) is 0 Å². The van der Waals surface area contributed by atoms with Gasteiger partial charge in [-0.05, 0) is 64.9 Å². The van der Waals surface area contributed by atoms with E-state index in [0.717, 1.165) is 40.8 Å². The van der Waals surface area contributed by atoms with Gasteiger partial charge in [0.25, 0.3) is 0 Å². The molecule has 0 bridgehead atoms. The van der Waals surface area contributed by atoms with Gasteiger partial charge in [0.15, 0.2) is 0 Å². The first-order valence-corrected chi connectivity index (χ1v) is 10.6. The molecule has 4 nitrogen and oxygen atoms in total. The van der Waals surface area contributed by atoms with E-state index in [1.165, 1.54) is 5.56 Å². The second-order valence-electron chi connectivity index (χ2n) is 7.50. The molecule has 1 aliphatic carbocycles. The summed E-state index contributed by atoms with van der Waals surface area (Å²) in [7, 11) is 0. The van der Waals surface area contributed by atoms with Crippen LogP contribution in [-0.2, 0) is 19.4 Å². The molecule has 0 saturated heterocycles. The molecule has 1 aliphatic rings. The Hall–Kier alpha value is -2.53. The summed E-state index contributed by atoms with van der Waals surface area (Å²) in [5.74, 6) is 0. The van der Waals surface area contributed by atoms with E-state index in [1.807, 2.05) is 48.5 Å². The zero-order valence-corrected chi connectivity index (χ0v) is 17.8. The first-order valence-electron chi connectivity index (χ1n) is 9.87. The number of carbonyl (C=O) groups is 1. The Morgan fingerprint density at radius 1 is 1.00 bits per heavy atom. The molecule has 154 valence electrons. The second kappa shape index (κ2) is 9.09. The number of hydrogen-bond acceptors (Lipinski definition) is 2. The number of benzene rings is 3. The summed E-state index contributed by atoms with van der Waals surface area (Å²) in [4.78, 5) is 12.4. The van der Waals surface area contributed by atoms with Crippen LogP contribution in [0.15, 0.2) is 60.7 Å². The molecule has 0 aliphatic heterocycles. The van der Waals surface area contributed by atoms with E-state index in [0.29, 0.717) is 23.0 Å². The minimum atomic E-state index is -0.351. The molecular formula is C24H22Cl2N2O2. The highest BCUT2D eigenvalue weighted by atomic mass is 35.5. The van der Waals surface area contributed by atoms with E-state index < -0.39 is 0 Å². The zero-order chi connectivity index (χ0) is 21.1. The molecule has 1 atom stereocenters. The molecule has 2 amide bonds. The highest BCUT2D eigenvalue weighted by Crippen LogP contribution is 2.29. The van der Waals surface area contributed by atoms with Crippen molar-refractivity contribution in [2.75, 3.05) is 5.32 Å². The van der Waals surface area contributed by atoms with E-state index in [9.17, 15) is 9.90 Å². The molecule has 0 radical (unpaired) electrons. The quantitative estimate of drug-likeness (QED) is 0.477. The summed E-state index contributed by atoms with van der Waals surface area (Å²) in [5.41, 5.74) is 5.90. The number of urea groups is 1. The van der Waals surface area contributed by atoms with Crippen molar-refractivity contribution in [2.45, 2.75) is 31.9 Å². The third-order valence-electron chi connectivity index (χ3n) is 5.31. The van der Waals surface area contributed by atoms with Gasteiger partial charge in [-0.25, -0.2) is 4.79 Å². The van der Waals surface area contributed by atoms with Crippen LogP contribution in [-0.4, -0.2) is 17.2 Å². The maximum atomic E-state index is 12.4. The molecule has 6 heteroatoms. The lowest BCUT2D eigenvalue weighted by molar-refractivity contribution is 0.159. The number of fused-ring (bicyclic) bond motifs is 1. The number of halogens is 2. The topological polar surface area (TPSA) is 61.4 Å². The van der Waals surface area contributed by atoms with Crippen molar-refractivity contribution in [3.63, 3.8) is 0 Å². The highest BCUT2D eigenvalue weighted by Gasteiger charge is 2.19. The van der Waals surface area contributed by atoms with Crippen molar-refractivity contribution in [1.82, 2.24) is 5.32 Å². The minimum absolute atomic E-state index is 0.269. The van der Waals surface area contributed by atoms with E-state index in [2.05, 4.69) is 16.7 Å². The number of hydrogen-bond donors (Lipinski definition) is 3. The number of amides is 2. The fraction of sp³-hybridized carbons (Fsp3) is 0.208. The Balaban J connectivity index is 1.38. The fourth-order valence-corrected chi connectivity index (χ4v) is 4.30. The highest BCUT2D eigenvalue weighted by molar-refractivity contribution is 6.35. The standard InChI is InChI=1S/C24H22Cl2N2O2/c25-19-10-18(11-20(26)12-19)16-6-4-15(5-7-16)14-27-24(30)28-23-3-1-2-17-8-9-21(29)13-22(17)23/h1-7,10-12,21,29H,8-9,13-14H2,(H2,27,28,30). The van der Waals surface area contributed by atoms with E-state index in [4.69, 9.17) is 23.2 Å². The lowest BCUT2D eigenvalue weighted by Gasteiger charge is -2.23. The molecule has 30 heavy (non-hydrogen) atoms. The van der Waals surface area contributed by atoms with Gasteiger partial charge in [0, 0.05) is 28.7 Å². The third-order valence-corrected chi connectivity index (χ3v) is 5.75. The van der Waals surface area contributed by atoms with Crippen LogP contribution in [0.3, 0.4) is 0 Å². The molecule has 0 aromatic heterocycles. The SMILES string of the molecule is O=C(NCc1ccc(-c2cc(Cl)cc(Cl)c2)cc1)Nc1cccc2c1CC(O)CC2. The molecule has 0 fully saturated rings. The average molecular weight is 441 g/mol. The molecule has 0 heterocycles. The van der Waals surface area contributed by atoms with E-state index in [-0.39, 0.29) is 12.1 Å². The summed E-state index contributed by atoms with van der Waals surface area (Å²) < 4.78 is 0. The normalized spacial score (nSPS) is 15.4. The van der Waals surface area contributed by atoms with Gasteiger partial charge in [-0.1, -0.05) is 59.6 Å². The van der Waals surface area contributed by atoms with E-state index >= 15 is 0 Å². The van der Waals surface area contributed by atoms with Crippen LogP contribution in [0.1, 0.15) is 23.1 Å². The Morgan fingerprint density at radius 3 is 2.47 bits per heavy atom. The Labute approximate surface area is 185 Å². The summed E-state index contributed by atoms with van der Waals surface area (Å²) >= 11 is 12.2. The molecule has 3 N–H and O–H groups in total. The van der Waals surface area contributed by atoms with Crippen LogP contribution in [0.2, 0.25) is 10.0 Å². The molecule has 4 rings (SSSR count). The van der Waals surface area contributed by atoms with Crippen LogP contribution in [0.5, 0.6) is 0 Å². The predicted octanol–water partition coefficient (Wildman–Crippen LogP) is 5.83. The fourth-order valence-electron chi connectivity index (χ4n) is 3.77. The Kier molecular flexibility index (Phi) is 6.28. The number of anilines is 1. The van der Waals surface area contributed by atoms with Gasteiger partial charge in [0.2, 0.25) is 0 Å². The second-order valence-corrected chi connectivity index (χ2v) is 8.38. The van der Waals surface area contributed by atoms with Crippen LogP contribution in [0, 0.1) is 0 Å². The van der Waals surface area contributed by atoms with Crippen molar-refractivity contribution in [3.05, 3.63) is 87.4 Å². The Bertz CT molecular complexity index is 1050. The molecule has 3 aromatic rings. The number of rotatable bonds is 4. The zero-order valence-electron chi connectivity index (χ0n) is 16.3. The number of carbonyl (C=O) groups excluding carboxylic acids is 1. The molecule has 3 aromatic carbocycles. The lowest BCUT2D eigenvalue weighted by Crippen LogP contribution is -2.29. The van der Waals surface area contributed by atoms with Gasteiger partial charge in [-0.15, -0.1) is 0 Å². The number of aliphatic hydroxyl groups excluding tert-OH is 1. The summed E-state index contributed by atoms with van der Waals surface area (Å²) in [6.45, 7) is 0.403. The Morgan fingerprint density at radius 2 is 1.73 bits per heavy atom. The van der Waals surface area contributed by atoms with Crippen molar-refractivity contribution >= 4 is 34.9 Å². The first kappa shape index (κ1) is 20.7. The lowest BCUT2D eigenvalue weighted by atomic mass is 9.88. The van der Waals surface area contributed by atoms with Crippen LogP contribution in [0.4, 0.5) is 10.5 Å². The van der Waals surface area contributed by atoms with Crippen molar-refractivity contribution in [3.8, 4) is 11.1 Å². The average Bonchev–Trinajstić information content (AvgIpc) is 2.72. The molecule has 1 unspecified atom stereocenters. The van der Waals surface area contributed by atoms with Gasteiger partial charge < -0.3 is 15.7 Å². The maximum absolute atomic E-state index is 12.4. The van der Waals surface area contributed by atoms with E-state index in [1.54, 1.807) is 6.07 Å². The predicted molar refractivity (Wildman–Crippen MR) is 122 cm³/mol.